The quantitative estimate of drug-likeness (QED) is 0.636. The van der Waals surface area contributed by atoms with E-state index in [1.165, 1.54) is 17.0 Å². The molecule has 1 atom stereocenters. The average Bonchev–Trinajstić information content (AvgIpc) is 3.07. The van der Waals surface area contributed by atoms with Gasteiger partial charge in [-0.3, -0.25) is 9.59 Å². The summed E-state index contributed by atoms with van der Waals surface area (Å²) >= 11 is 0. The third-order valence-corrected chi connectivity index (χ3v) is 7.09. The van der Waals surface area contributed by atoms with Crippen molar-refractivity contribution in [2.75, 3.05) is 11.5 Å². The Labute approximate surface area is 172 Å². The molecule has 0 radical (unpaired) electrons. The highest BCUT2D eigenvalue weighted by molar-refractivity contribution is 7.91. The van der Waals surface area contributed by atoms with Gasteiger partial charge in [0.2, 0.25) is 0 Å². The van der Waals surface area contributed by atoms with Crippen LogP contribution in [0.3, 0.4) is 0 Å². The summed E-state index contributed by atoms with van der Waals surface area (Å²) in [5.74, 6) is -1.28. The molecule has 1 amide bonds. The van der Waals surface area contributed by atoms with E-state index >= 15 is 0 Å². The number of nitrogens with zero attached hydrogens (tertiary/aromatic N) is 1. The van der Waals surface area contributed by atoms with Gasteiger partial charge in [-0.2, -0.15) is 0 Å². The first-order valence-electron chi connectivity index (χ1n) is 9.53. The van der Waals surface area contributed by atoms with Crippen LogP contribution in [0.1, 0.15) is 28.1 Å². The Balaban J connectivity index is 1.75. The number of sulfone groups is 1. The molecule has 6 nitrogen and oxygen atoms in total. The molecule has 1 aromatic heterocycles. The minimum atomic E-state index is -3.25. The Morgan fingerprint density at radius 1 is 1.20 bits per heavy atom. The average molecular weight is 429 g/mol. The predicted octanol–water partition coefficient (Wildman–Crippen LogP) is 3.07. The van der Waals surface area contributed by atoms with Gasteiger partial charge in [-0.25, -0.2) is 12.8 Å². The fourth-order valence-corrected chi connectivity index (χ4v) is 5.47. The zero-order valence-electron chi connectivity index (χ0n) is 16.3. The molecule has 1 aliphatic rings. The standard InChI is InChI=1S/C22H20FNO5S/c1-14-3-2-4-18-19(25)11-20(29-21(14)18)22(26)24(17-9-10-30(27,28)13-17)12-15-5-7-16(23)8-6-15/h2-8,11,17H,9-10,12-13H2,1H3. The van der Waals surface area contributed by atoms with Crippen LogP contribution in [0.15, 0.2) is 57.7 Å². The number of rotatable bonds is 4. The van der Waals surface area contributed by atoms with E-state index in [2.05, 4.69) is 0 Å². The summed E-state index contributed by atoms with van der Waals surface area (Å²) in [4.78, 5) is 27.3. The van der Waals surface area contributed by atoms with Crippen molar-refractivity contribution in [1.82, 2.24) is 4.90 Å². The molecule has 30 heavy (non-hydrogen) atoms. The van der Waals surface area contributed by atoms with E-state index in [9.17, 15) is 22.4 Å². The highest BCUT2D eigenvalue weighted by Gasteiger charge is 2.36. The Bertz CT molecular complexity index is 1280. The van der Waals surface area contributed by atoms with Gasteiger partial charge in [0.05, 0.1) is 16.9 Å². The van der Waals surface area contributed by atoms with Gasteiger partial charge in [-0.05, 0) is 42.7 Å². The van der Waals surface area contributed by atoms with Crippen molar-refractivity contribution in [2.45, 2.75) is 25.9 Å². The molecule has 1 unspecified atom stereocenters. The number of fused-ring (bicyclic) bond motifs is 1. The van der Waals surface area contributed by atoms with Crippen LogP contribution in [0, 0.1) is 12.7 Å². The monoisotopic (exact) mass is 429 g/mol. The van der Waals surface area contributed by atoms with Gasteiger partial charge in [0, 0.05) is 18.7 Å². The lowest BCUT2D eigenvalue weighted by molar-refractivity contribution is 0.0648. The summed E-state index contributed by atoms with van der Waals surface area (Å²) in [6.07, 6.45) is 0.298. The molecule has 0 N–H and O–H groups in total. The zero-order chi connectivity index (χ0) is 21.5. The smallest absolute Gasteiger partial charge is 0.290 e. The van der Waals surface area contributed by atoms with Crippen molar-refractivity contribution in [3.8, 4) is 0 Å². The van der Waals surface area contributed by atoms with Gasteiger partial charge < -0.3 is 9.32 Å². The number of aryl methyl sites for hydroxylation is 1. The van der Waals surface area contributed by atoms with Gasteiger partial charge in [0.1, 0.15) is 11.4 Å². The molecule has 2 aromatic carbocycles. The molecule has 4 rings (SSSR count). The van der Waals surface area contributed by atoms with Gasteiger partial charge in [0.15, 0.2) is 21.0 Å². The van der Waals surface area contributed by atoms with Crippen LogP contribution in [0.2, 0.25) is 0 Å². The number of carbonyl (C=O) groups is 1. The van der Waals surface area contributed by atoms with Crippen molar-refractivity contribution in [3.05, 3.63) is 81.5 Å². The number of halogens is 1. The number of para-hydroxylation sites is 1. The van der Waals surface area contributed by atoms with Gasteiger partial charge >= 0.3 is 0 Å². The second-order valence-electron chi connectivity index (χ2n) is 7.54. The molecule has 0 bridgehead atoms. The molecular weight excluding hydrogens is 409 g/mol. The molecule has 8 heteroatoms. The van der Waals surface area contributed by atoms with Crippen LogP contribution in [0.25, 0.3) is 11.0 Å². The van der Waals surface area contributed by atoms with Crippen molar-refractivity contribution >= 4 is 26.7 Å². The Morgan fingerprint density at radius 3 is 2.60 bits per heavy atom. The van der Waals surface area contributed by atoms with Crippen LogP contribution in [0.4, 0.5) is 4.39 Å². The first kappa shape index (κ1) is 20.3. The molecule has 1 fully saturated rings. The SMILES string of the molecule is Cc1cccc2c(=O)cc(C(=O)N(Cc3ccc(F)cc3)C3CCS(=O)(=O)C3)oc12. The van der Waals surface area contributed by atoms with E-state index in [1.807, 2.05) is 0 Å². The maximum absolute atomic E-state index is 13.3. The summed E-state index contributed by atoms with van der Waals surface area (Å²) in [6, 6.07) is 11.4. The summed E-state index contributed by atoms with van der Waals surface area (Å²) in [7, 11) is -3.25. The van der Waals surface area contributed by atoms with Crippen molar-refractivity contribution in [2.24, 2.45) is 0 Å². The third-order valence-electron chi connectivity index (χ3n) is 5.34. The Kier molecular flexibility index (Phi) is 5.19. The highest BCUT2D eigenvalue weighted by Crippen LogP contribution is 2.24. The number of hydrogen-bond acceptors (Lipinski definition) is 5. The van der Waals surface area contributed by atoms with Gasteiger partial charge in [0.25, 0.3) is 5.91 Å². The second kappa shape index (κ2) is 7.68. The molecule has 2 heterocycles. The third kappa shape index (κ3) is 4.00. The second-order valence-corrected chi connectivity index (χ2v) is 9.77. The Morgan fingerprint density at radius 2 is 1.93 bits per heavy atom. The van der Waals surface area contributed by atoms with Gasteiger partial charge in [-0.15, -0.1) is 0 Å². The van der Waals surface area contributed by atoms with Crippen LogP contribution in [0.5, 0.6) is 0 Å². The van der Waals surface area contributed by atoms with Crippen LogP contribution in [-0.2, 0) is 16.4 Å². The fourth-order valence-electron chi connectivity index (χ4n) is 3.74. The molecule has 156 valence electrons. The van der Waals surface area contributed by atoms with E-state index in [1.54, 1.807) is 37.3 Å². The zero-order valence-corrected chi connectivity index (χ0v) is 17.1. The van der Waals surface area contributed by atoms with Crippen LogP contribution >= 0.6 is 0 Å². The summed E-state index contributed by atoms with van der Waals surface area (Å²) < 4.78 is 43.1. The lowest BCUT2D eigenvalue weighted by Crippen LogP contribution is -2.41. The highest BCUT2D eigenvalue weighted by atomic mass is 32.2. The number of carbonyl (C=O) groups excluding carboxylic acids is 1. The number of hydrogen-bond donors (Lipinski definition) is 0. The number of amides is 1. The first-order chi connectivity index (χ1) is 14.2. The maximum atomic E-state index is 13.3. The fraction of sp³-hybridized carbons (Fsp3) is 0.273. The molecular formula is C22H20FNO5S. The van der Waals surface area contributed by atoms with Crippen LogP contribution < -0.4 is 5.43 Å². The summed E-state index contributed by atoms with van der Waals surface area (Å²) in [5.41, 5.74) is 1.35. The van der Waals surface area contributed by atoms with Crippen molar-refractivity contribution < 1.29 is 22.0 Å². The predicted molar refractivity (Wildman–Crippen MR) is 111 cm³/mol. The van der Waals surface area contributed by atoms with Gasteiger partial charge in [-0.1, -0.05) is 24.3 Å². The largest absolute Gasteiger partial charge is 0.450 e. The minimum absolute atomic E-state index is 0.00829. The first-order valence-corrected chi connectivity index (χ1v) is 11.3. The van der Waals surface area contributed by atoms with E-state index in [-0.39, 0.29) is 29.2 Å². The van der Waals surface area contributed by atoms with Crippen molar-refractivity contribution in [3.63, 3.8) is 0 Å². The number of benzene rings is 2. The Hall–Kier alpha value is -3.00. The summed E-state index contributed by atoms with van der Waals surface area (Å²) in [5, 5.41) is 0.375. The summed E-state index contributed by atoms with van der Waals surface area (Å²) in [6.45, 7) is 1.86. The van der Waals surface area contributed by atoms with Crippen molar-refractivity contribution in [1.29, 1.82) is 0 Å². The lowest BCUT2D eigenvalue weighted by Gasteiger charge is -2.28. The topological polar surface area (TPSA) is 84.7 Å². The lowest BCUT2D eigenvalue weighted by atomic mass is 10.1. The molecule has 3 aromatic rings. The molecule has 0 aliphatic carbocycles. The molecule has 0 spiro atoms. The van der Waals surface area contributed by atoms with Crippen LogP contribution in [-0.4, -0.2) is 36.8 Å². The maximum Gasteiger partial charge on any atom is 0.290 e. The molecule has 0 saturated carbocycles. The van der Waals surface area contributed by atoms with E-state index in [0.717, 1.165) is 6.07 Å². The molecule has 1 saturated heterocycles. The normalized spacial score (nSPS) is 17.9. The van der Waals surface area contributed by atoms with E-state index in [4.69, 9.17) is 4.42 Å². The molecule has 1 aliphatic heterocycles. The van der Waals surface area contributed by atoms with E-state index in [0.29, 0.717) is 28.5 Å². The minimum Gasteiger partial charge on any atom is -0.450 e. The van der Waals surface area contributed by atoms with E-state index < -0.39 is 27.6 Å².